The summed E-state index contributed by atoms with van der Waals surface area (Å²) in [6.45, 7) is 5.31. The second-order valence-corrected chi connectivity index (χ2v) is 8.86. The van der Waals surface area contributed by atoms with Crippen molar-refractivity contribution in [2.45, 2.75) is 26.9 Å². The lowest BCUT2D eigenvalue weighted by Crippen LogP contribution is -2.16. The van der Waals surface area contributed by atoms with Crippen LogP contribution < -0.4 is 5.32 Å². The summed E-state index contributed by atoms with van der Waals surface area (Å²) >= 11 is 7.21. The second-order valence-electron chi connectivity index (χ2n) is 7.23. The maximum absolute atomic E-state index is 13.1. The molecule has 1 amide bonds. The molecule has 0 spiro atoms. The number of hydrogen-bond donors (Lipinski definition) is 1. The van der Waals surface area contributed by atoms with Crippen LogP contribution in [0.25, 0.3) is 17.4 Å². The lowest BCUT2D eigenvalue weighted by Gasteiger charge is -2.09. The molecule has 11 heteroatoms. The monoisotopic (exact) mass is 522 g/mol. The minimum Gasteiger partial charge on any atom is -0.462 e. The number of rotatable bonds is 6. The molecule has 0 saturated heterocycles. The summed E-state index contributed by atoms with van der Waals surface area (Å²) in [6.07, 6.45) is -3.43. The van der Waals surface area contributed by atoms with E-state index >= 15 is 0 Å². The first-order valence-corrected chi connectivity index (χ1v) is 11.3. The van der Waals surface area contributed by atoms with E-state index in [1.165, 1.54) is 12.1 Å². The highest BCUT2D eigenvalue weighted by Crippen LogP contribution is 2.37. The van der Waals surface area contributed by atoms with Crippen LogP contribution in [0.2, 0.25) is 5.02 Å². The highest BCUT2D eigenvalue weighted by Gasteiger charge is 2.31. The van der Waals surface area contributed by atoms with Gasteiger partial charge in [0.2, 0.25) is 0 Å². The van der Waals surface area contributed by atoms with Gasteiger partial charge in [-0.1, -0.05) is 11.6 Å². The Morgan fingerprint density at radius 2 is 1.97 bits per heavy atom. The number of carbonyl (C=O) groups is 2. The number of anilines is 1. The van der Waals surface area contributed by atoms with Crippen molar-refractivity contribution in [1.82, 2.24) is 0 Å². The molecule has 0 aliphatic rings. The Hall–Kier alpha value is -3.55. The lowest BCUT2D eigenvalue weighted by atomic mass is 10.1. The summed E-state index contributed by atoms with van der Waals surface area (Å²) in [7, 11) is 0. The lowest BCUT2D eigenvalue weighted by molar-refractivity contribution is -0.137. The van der Waals surface area contributed by atoms with Crippen molar-refractivity contribution in [1.29, 1.82) is 5.26 Å². The Morgan fingerprint density at radius 1 is 1.26 bits per heavy atom. The Morgan fingerprint density at radius 3 is 2.60 bits per heavy atom. The van der Waals surface area contributed by atoms with E-state index in [2.05, 4.69) is 5.32 Å². The number of nitrogens with zero attached hydrogens (tertiary/aromatic N) is 1. The van der Waals surface area contributed by atoms with Crippen LogP contribution in [0.1, 0.15) is 39.0 Å². The summed E-state index contributed by atoms with van der Waals surface area (Å²) < 4.78 is 49.8. The number of thiophene rings is 1. The minimum atomic E-state index is -4.57. The zero-order valence-electron chi connectivity index (χ0n) is 18.7. The number of nitriles is 1. The maximum atomic E-state index is 13.1. The van der Waals surface area contributed by atoms with E-state index in [0.29, 0.717) is 5.56 Å². The quantitative estimate of drug-likeness (QED) is 0.213. The van der Waals surface area contributed by atoms with Crippen molar-refractivity contribution >= 4 is 45.9 Å². The zero-order valence-corrected chi connectivity index (χ0v) is 20.2. The number of aryl methyl sites for hydroxylation is 1. The fourth-order valence-corrected chi connectivity index (χ4v) is 4.35. The molecule has 3 rings (SSSR count). The van der Waals surface area contributed by atoms with E-state index in [9.17, 15) is 28.0 Å². The normalized spacial score (nSPS) is 11.8. The standard InChI is InChI=1S/C24H18ClF3N2O4S/c1-4-33-23(32)20-12(2)13(3)35-22(20)30-21(31)14(11-29)9-16-6-8-19(34-16)17-10-15(24(26,27)28)5-7-18(17)25/h5-10H,4H2,1-3H3,(H,30,31). The first-order chi connectivity index (χ1) is 16.5. The van der Waals surface area contributed by atoms with E-state index in [1.54, 1.807) is 26.8 Å². The first kappa shape index (κ1) is 26.1. The van der Waals surface area contributed by atoms with E-state index in [0.717, 1.165) is 40.5 Å². The van der Waals surface area contributed by atoms with Gasteiger partial charge >= 0.3 is 12.1 Å². The number of amides is 1. The number of nitrogens with one attached hydrogen (secondary N) is 1. The molecule has 2 heterocycles. The molecule has 182 valence electrons. The first-order valence-electron chi connectivity index (χ1n) is 10.1. The van der Waals surface area contributed by atoms with Gasteiger partial charge in [0.1, 0.15) is 28.2 Å². The highest BCUT2D eigenvalue weighted by atomic mass is 35.5. The molecule has 3 aromatic rings. The average molecular weight is 523 g/mol. The molecule has 1 N–H and O–H groups in total. The van der Waals surface area contributed by atoms with E-state index in [4.69, 9.17) is 20.8 Å². The summed E-state index contributed by atoms with van der Waals surface area (Å²) in [5.74, 6) is -1.32. The van der Waals surface area contributed by atoms with Crippen molar-refractivity contribution in [3.8, 4) is 17.4 Å². The molecule has 0 atom stereocenters. The van der Waals surface area contributed by atoms with Crippen molar-refractivity contribution in [3.05, 3.63) is 68.3 Å². The Kier molecular flexibility index (Phi) is 7.73. The Labute approximate surface area is 207 Å². The molecule has 0 aliphatic heterocycles. The molecule has 2 aromatic heterocycles. The van der Waals surface area contributed by atoms with Crippen LogP contribution in [-0.4, -0.2) is 18.5 Å². The van der Waals surface area contributed by atoms with E-state index in [-0.39, 0.29) is 44.9 Å². The molecule has 0 bridgehead atoms. The zero-order chi connectivity index (χ0) is 25.9. The van der Waals surface area contributed by atoms with Gasteiger partial charge in [0.15, 0.2) is 0 Å². The van der Waals surface area contributed by atoms with Gasteiger partial charge in [-0.3, -0.25) is 4.79 Å². The van der Waals surface area contributed by atoms with Crippen molar-refractivity contribution < 1.29 is 31.9 Å². The third-order valence-electron chi connectivity index (χ3n) is 4.93. The molecule has 35 heavy (non-hydrogen) atoms. The average Bonchev–Trinajstić information content (AvgIpc) is 3.35. The van der Waals surface area contributed by atoms with E-state index in [1.807, 2.05) is 0 Å². The van der Waals surface area contributed by atoms with Gasteiger partial charge in [0.05, 0.1) is 22.8 Å². The van der Waals surface area contributed by atoms with Crippen LogP contribution in [-0.2, 0) is 15.7 Å². The van der Waals surface area contributed by atoms with Gasteiger partial charge in [0, 0.05) is 16.5 Å². The third kappa shape index (κ3) is 5.75. The van der Waals surface area contributed by atoms with Crippen molar-refractivity contribution in [2.24, 2.45) is 0 Å². The number of furan rings is 1. The van der Waals surface area contributed by atoms with Gasteiger partial charge in [-0.15, -0.1) is 11.3 Å². The van der Waals surface area contributed by atoms with Gasteiger partial charge in [0.25, 0.3) is 5.91 Å². The number of benzene rings is 1. The molecular formula is C24H18ClF3N2O4S. The summed E-state index contributed by atoms with van der Waals surface area (Å²) in [5.41, 5.74) is -0.381. The Balaban J connectivity index is 1.89. The smallest absolute Gasteiger partial charge is 0.416 e. The fourth-order valence-electron chi connectivity index (χ4n) is 3.09. The molecule has 6 nitrogen and oxygen atoms in total. The van der Waals surface area contributed by atoms with Gasteiger partial charge < -0.3 is 14.5 Å². The number of carbonyl (C=O) groups excluding carboxylic acids is 2. The number of halogens is 4. The Bertz CT molecular complexity index is 1370. The van der Waals surface area contributed by atoms with Crippen molar-refractivity contribution in [3.63, 3.8) is 0 Å². The number of ether oxygens (including phenoxy) is 1. The summed E-state index contributed by atoms with van der Waals surface area (Å²) in [5, 5.41) is 12.3. The van der Waals surface area contributed by atoms with Crippen LogP contribution in [0, 0.1) is 25.2 Å². The molecule has 0 radical (unpaired) electrons. The largest absolute Gasteiger partial charge is 0.462 e. The number of hydrogen-bond acceptors (Lipinski definition) is 6. The highest BCUT2D eigenvalue weighted by molar-refractivity contribution is 7.16. The minimum absolute atomic E-state index is 0.00714. The fraction of sp³-hybridized carbons (Fsp3) is 0.208. The van der Waals surface area contributed by atoms with Gasteiger partial charge in [-0.05, 0) is 56.7 Å². The predicted octanol–water partition coefficient (Wildman–Crippen LogP) is 7.02. The maximum Gasteiger partial charge on any atom is 0.416 e. The van der Waals surface area contributed by atoms with Crippen LogP contribution >= 0.6 is 22.9 Å². The molecule has 0 fully saturated rings. The molecule has 0 unspecified atom stereocenters. The van der Waals surface area contributed by atoms with E-state index < -0.39 is 23.6 Å². The van der Waals surface area contributed by atoms with Crippen LogP contribution in [0.4, 0.5) is 18.2 Å². The topological polar surface area (TPSA) is 92.3 Å². The molecular weight excluding hydrogens is 505 g/mol. The van der Waals surface area contributed by atoms with Gasteiger partial charge in [-0.2, -0.15) is 18.4 Å². The van der Waals surface area contributed by atoms with Crippen molar-refractivity contribution in [2.75, 3.05) is 11.9 Å². The van der Waals surface area contributed by atoms with Crippen LogP contribution in [0.3, 0.4) is 0 Å². The van der Waals surface area contributed by atoms with Crippen LogP contribution in [0.5, 0.6) is 0 Å². The van der Waals surface area contributed by atoms with Crippen LogP contribution in [0.15, 0.2) is 40.3 Å². The number of esters is 1. The summed E-state index contributed by atoms with van der Waals surface area (Å²) in [4.78, 5) is 25.9. The summed E-state index contributed by atoms with van der Waals surface area (Å²) in [6, 6.07) is 7.34. The predicted molar refractivity (Wildman–Crippen MR) is 126 cm³/mol. The SMILES string of the molecule is CCOC(=O)c1c(NC(=O)C(C#N)=Cc2ccc(-c3cc(C(F)(F)F)ccc3Cl)o2)sc(C)c1C. The molecule has 0 saturated carbocycles. The molecule has 1 aromatic carbocycles. The third-order valence-corrected chi connectivity index (χ3v) is 6.38. The van der Waals surface area contributed by atoms with Gasteiger partial charge in [-0.25, -0.2) is 4.79 Å². The number of alkyl halides is 3. The molecule has 0 aliphatic carbocycles. The second kappa shape index (κ2) is 10.4.